The van der Waals surface area contributed by atoms with Crippen molar-refractivity contribution in [2.24, 2.45) is 0 Å². The van der Waals surface area contributed by atoms with Crippen molar-refractivity contribution in [3.05, 3.63) is 67.5 Å². The van der Waals surface area contributed by atoms with E-state index in [1.807, 2.05) is 29.5 Å². The van der Waals surface area contributed by atoms with E-state index in [0.717, 1.165) is 9.13 Å². The van der Waals surface area contributed by atoms with E-state index in [4.69, 9.17) is 4.74 Å². The van der Waals surface area contributed by atoms with Gasteiger partial charge in [0, 0.05) is 41.9 Å². The van der Waals surface area contributed by atoms with Gasteiger partial charge in [-0.3, -0.25) is 19.8 Å². The number of carbonyl (C=O) groups excluding carboxylic acids is 1. The van der Waals surface area contributed by atoms with Gasteiger partial charge in [0.1, 0.15) is 5.82 Å². The normalized spacial score (nSPS) is 17.2. The molecule has 1 saturated heterocycles. The van der Waals surface area contributed by atoms with Crippen LogP contribution in [0.2, 0.25) is 0 Å². The highest BCUT2D eigenvalue weighted by Gasteiger charge is 2.28. The molecule has 1 fully saturated rings. The lowest BCUT2D eigenvalue weighted by Crippen LogP contribution is -2.54. The van der Waals surface area contributed by atoms with E-state index >= 15 is 0 Å². The molecule has 1 heterocycles. The van der Waals surface area contributed by atoms with E-state index in [-0.39, 0.29) is 35.8 Å². The van der Waals surface area contributed by atoms with Gasteiger partial charge >= 0.3 is 5.69 Å². The standard InChI is InChI=1S/C20H21FIN3O4/c1-14-11-23(12-15-2-4-16(21)5-3-15)8-9-24(14)20(26)13-29-19-7-6-17(22)10-18(19)25(27)28/h2-7,10,14H,8-9,11-13H2,1H3. The van der Waals surface area contributed by atoms with Crippen LogP contribution in [0.4, 0.5) is 10.1 Å². The van der Waals surface area contributed by atoms with Crippen LogP contribution in [0.5, 0.6) is 5.75 Å². The number of amides is 1. The van der Waals surface area contributed by atoms with Gasteiger partial charge in [0.05, 0.1) is 4.92 Å². The number of piperazine rings is 1. The van der Waals surface area contributed by atoms with Crippen molar-refractivity contribution < 1.29 is 18.8 Å². The predicted octanol–water partition coefficient (Wildman–Crippen LogP) is 3.45. The molecule has 0 aromatic heterocycles. The summed E-state index contributed by atoms with van der Waals surface area (Å²) in [5.41, 5.74) is 0.870. The van der Waals surface area contributed by atoms with Gasteiger partial charge in [-0.1, -0.05) is 12.1 Å². The minimum atomic E-state index is -0.515. The van der Waals surface area contributed by atoms with Crippen LogP contribution >= 0.6 is 22.6 Å². The Bertz CT molecular complexity index is 894. The molecule has 1 unspecified atom stereocenters. The fourth-order valence-corrected chi connectivity index (χ4v) is 3.85. The number of halogens is 2. The molecule has 2 aromatic carbocycles. The van der Waals surface area contributed by atoms with Gasteiger partial charge in [0.2, 0.25) is 0 Å². The van der Waals surface area contributed by atoms with Gasteiger partial charge < -0.3 is 9.64 Å². The van der Waals surface area contributed by atoms with E-state index in [1.165, 1.54) is 24.3 Å². The third-order valence-corrected chi connectivity index (χ3v) is 5.49. The van der Waals surface area contributed by atoms with Crippen LogP contribution in [0.1, 0.15) is 12.5 Å². The molecule has 0 spiro atoms. The Morgan fingerprint density at radius 2 is 2.00 bits per heavy atom. The first-order valence-electron chi connectivity index (χ1n) is 9.16. The smallest absolute Gasteiger partial charge is 0.311 e. The fraction of sp³-hybridized carbons (Fsp3) is 0.350. The highest BCUT2D eigenvalue weighted by Crippen LogP contribution is 2.28. The van der Waals surface area contributed by atoms with E-state index < -0.39 is 4.92 Å². The van der Waals surface area contributed by atoms with Gasteiger partial charge in [-0.2, -0.15) is 0 Å². The number of rotatable bonds is 6. The van der Waals surface area contributed by atoms with Crippen LogP contribution in [0.15, 0.2) is 42.5 Å². The van der Waals surface area contributed by atoms with Gasteiger partial charge in [-0.15, -0.1) is 0 Å². The number of nitro benzene ring substituents is 1. The second kappa shape index (κ2) is 9.49. The van der Waals surface area contributed by atoms with E-state index in [1.54, 1.807) is 23.1 Å². The highest BCUT2D eigenvalue weighted by molar-refractivity contribution is 14.1. The molecule has 1 amide bonds. The number of benzene rings is 2. The summed E-state index contributed by atoms with van der Waals surface area (Å²) in [6, 6.07) is 11.0. The maximum atomic E-state index is 13.0. The van der Waals surface area contributed by atoms with Gasteiger partial charge in [-0.05, 0) is 59.3 Å². The minimum absolute atomic E-state index is 0.0213. The third-order valence-electron chi connectivity index (χ3n) is 4.82. The molecular weight excluding hydrogens is 492 g/mol. The molecule has 9 heteroatoms. The molecule has 7 nitrogen and oxygen atoms in total. The maximum absolute atomic E-state index is 13.0. The van der Waals surface area contributed by atoms with Crippen molar-refractivity contribution in [1.82, 2.24) is 9.80 Å². The van der Waals surface area contributed by atoms with Crippen LogP contribution in [-0.2, 0) is 11.3 Å². The van der Waals surface area contributed by atoms with Crippen molar-refractivity contribution in [3.63, 3.8) is 0 Å². The zero-order valence-electron chi connectivity index (χ0n) is 15.9. The summed E-state index contributed by atoms with van der Waals surface area (Å²) >= 11 is 1.99. The van der Waals surface area contributed by atoms with Crippen molar-refractivity contribution in [2.45, 2.75) is 19.5 Å². The first kappa shape index (κ1) is 21.4. The lowest BCUT2D eigenvalue weighted by Gasteiger charge is -2.39. The fourth-order valence-electron chi connectivity index (χ4n) is 3.37. The molecule has 1 aliphatic rings. The van der Waals surface area contributed by atoms with Crippen molar-refractivity contribution in [2.75, 3.05) is 26.2 Å². The Kier molecular flexibility index (Phi) is 7.01. The Labute approximate surface area is 181 Å². The first-order valence-corrected chi connectivity index (χ1v) is 10.2. The molecule has 0 saturated carbocycles. The first-order chi connectivity index (χ1) is 13.8. The van der Waals surface area contributed by atoms with Crippen molar-refractivity contribution in [3.8, 4) is 5.75 Å². The zero-order valence-corrected chi connectivity index (χ0v) is 18.0. The molecule has 1 aliphatic heterocycles. The van der Waals surface area contributed by atoms with Crippen LogP contribution in [-0.4, -0.2) is 52.9 Å². The number of hydrogen-bond donors (Lipinski definition) is 0. The number of nitro groups is 1. The molecule has 29 heavy (non-hydrogen) atoms. The Morgan fingerprint density at radius 1 is 1.28 bits per heavy atom. The van der Waals surface area contributed by atoms with Crippen molar-refractivity contribution in [1.29, 1.82) is 0 Å². The number of hydrogen-bond acceptors (Lipinski definition) is 5. The van der Waals surface area contributed by atoms with Gasteiger partial charge in [-0.25, -0.2) is 4.39 Å². The van der Waals surface area contributed by atoms with E-state index in [0.29, 0.717) is 26.2 Å². The number of nitrogens with zero attached hydrogens (tertiary/aromatic N) is 3. The topological polar surface area (TPSA) is 75.9 Å². The number of carbonyl (C=O) groups is 1. The summed E-state index contributed by atoms with van der Waals surface area (Å²) in [5, 5.41) is 11.2. The Morgan fingerprint density at radius 3 is 2.66 bits per heavy atom. The summed E-state index contributed by atoms with van der Waals surface area (Å²) in [6.07, 6.45) is 0. The predicted molar refractivity (Wildman–Crippen MR) is 114 cm³/mol. The Hall–Kier alpha value is -2.27. The van der Waals surface area contributed by atoms with Crippen LogP contribution < -0.4 is 4.74 Å². The monoisotopic (exact) mass is 513 g/mol. The second-order valence-electron chi connectivity index (χ2n) is 6.96. The minimum Gasteiger partial charge on any atom is -0.477 e. The lowest BCUT2D eigenvalue weighted by atomic mass is 10.1. The Balaban J connectivity index is 1.55. The SMILES string of the molecule is CC1CN(Cc2ccc(F)cc2)CCN1C(=O)COc1ccc(I)cc1[N+](=O)[O-]. The summed E-state index contributed by atoms with van der Waals surface area (Å²) in [5.74, 6) is -0.371. The lowest BCUT2D eigenvalue weighted by molar-refractivity contribution is -0.385. The summed E-state index contributed by atoms with van der Waals surface area (Å²) in [7, 11) is 0. The second-order valence-corrected chi connectivity index (χ2v) is 8.20. The summed E-state index contributed by atoms with van der Waals surface area (Å²) in [4.78, 5) is 27.2. The third kappa shape index (κ3) is 5.63. The number of ether oxygens (including phenoxy) is 1. The average Bonchev–Trinajstić information content (AvgIpc) is 2.68. The molecule has 0 N–H and O–H groups in total. The molecule has 0 radical (unpaired) electrons. The molecule has 2 aromatic rings. The zero-order chi connectivity index (χ0) is 21.0. The van der Waals surface area contributed by atoms with Crippen LogP contribution in [0, 0.1) is 19.5 Å². The largest absolute Gasteiger partial charge is 0.477 e. The van der Waals surface area contributed by atoms with Gasteiger partial charge in [0.25, 0.3) is 5.91 Å². The summed E-state index contributed by atoms with van der Waals surface area (Å²) < 4.78 is 19.2. The highest BCUT2D eigenvalue weighted by atomic mass is 127. The summed E-state index contributed by atoms with van der Waals surface area (Å²) in [6.45, 7) is 4.33. The van der Waals surface area contributed by atoms with Crippen LogP contribution in [0.3, 0.4) is 0 Å². The maximum Gasteiger partial charge on any atom is 0.311 e. The molecule has 3 rings (SSSR count). The molecule has 1 atom stereocenters. The van der Waals surface area contributed by atoms with Crippen LogP contribution in [0.25, 0.3) is 0 Å². The van der Waals surface area contributed by atoms with E-state index in [2.05, 4.69) is 4.90 Å². The molecular formula is C20H21FIN3O4. The molecule has 154 valence electrons. The quantitative estimate of drug-likeness (QED) is 0.336. The molecule has 0 bridgehead atoms. The average molecular weight is 513 g/mol. The van der Waals surface area contributed by atoms with E-state index in [9.17, 15) is 19.3 Å². The van der Waals surface area contributed by atoms with Crippen molar-refractivity contribution >= 4 is 34.2 Å². The molecule has 0 aliphatic carbocycles. The van der Waals surface area contributed by atoms with Gasteiger partial charge in [0.15, 0.2) is 12.4 Å².